The number of para-hydroxylation sites is 1. The van der Waals surface area contributed by atoms with Crippen molar-refractivity contribution in [3.8, 4) is 0 Å². The second kappa shape index (κ2) is 6.03. The molecular formula is C14H24N2O. The Labute approximate surface area is 105 Å². The molecule has 1 rings (SSSR count). The van der Waals surface area contributed by atoms with Crippen LogP contribution in [0.1, 0.15) is 13.8 Å². The zero-order valence-electron chi connectivity index (χ0n) is 11.3. The summed E-state index contributed by atoms with van der Waals surface area (Å²) in [6.45, 7) is 6.26. The zero-order chi connectivity index (χ0) is 12.9. The van der Waals surface area contributed by atoms with Gasteiger partial charge in [-0.2, -0.15) is 0 Å². The summed E-state index contributed by atoms with van der Waals surface area (Å²) in [7, 11) is 4.13. The van der Waals surface area contributed by atoms with Gasteiger partial charge in [-0.3, -0.25) is 0 Å². The first-order valence-corrected chi connectivity index (χ1v) is 6.05. The minimum absolute atomic E-state index is 0.625. The van der Waals surface area contributed by atoms with Gasteiger partial charge >= 0.3 is 0 Å². The van der Waals surface area contributed by atoms with E-state index in [0.717, 1.165) is 13.1 Å². The minimum atomic E-state index is -0.625. The molecule has 0 spiro atoms. The Bertz CT molecular complexity index is 319. The molecule has 0 saturated carbocycles. The summed E-state index contributed by atoms with van der Waals surface area (Å²) in [6.07, 6.45) is 0. The maximum Gasteiger partial charge on any atom is 0.0718 e. The van der Waals surface area contributed by atoms with Crippen molar-refractivity contribution in [3.63, 3.8) is 0 Å². The Morgan fingerprint density at radius 2 is 1.65 bits per heavy atom. The lowest BCUT2D eigenvalue weighted by Crippen LogP contribution is -2.39. The van der Waals surface area contributed by atoms with Crippen LogP contribution in [0.4, 0.5) is 5.69 Å². The van der Waals surface area contributed by atoms with Crippen molar-refractivity contribution in [2.24, 2.45) is 0 Å². The fourth-order valence-corrected chi connectivity index (χ4v) is 1.87. The van der Waals surface area contributed by atoms with E-state index in [9.17, 15) is 5.11 Å². The molecule has 0 radical (unpaired) electrons. The van der Waals surface area contributed by atoms with Crippen molar-refractivity contribution >= 4 is 5.69 Å². The Morgan fingerprint density at radius 3 is 2.18 bits per heavy atom. The lowest BCUT2D eigenvalue weighted by Gasteiger charge is -2.28. The Morgan fingerprint density at radius 1 is 1.06 bits per heavy atom. The lowest BCUT2D eigenvalue weighted by molar-refractivity contribution is 0.0455. The van der Waals surface area contributed by atoms with Gasteiger partial charge in [0.15, 0.2) is 0 Å². The highest BCUT2D eigenvalue weighted by Gasteiger charge is 2.15. The molecule has 1 aromatic rings. The lowest BCUT2D eigenvalue weighted by atomic mass is 10.1. The van der Waals surface area contributed by atoms with Crippen LogP contribution in [0.5, 0.6) is 0 Å². The highest BCUT2D eigenvalue weighted by atomic mass is 16.3. The van der Waals surface area contributed by atoms with Gasteiger partial charge in [0.25, 0.3) is 0 Å². The quantitative estimate of drug-likeness (QED) is 0.816. The van der Waals surface area contributed by atoms with Gasteiger partial charge in [-0.25, -0.2) is 0 Å². The molecule has 0 amide bonds. The van der Waals surface area contributed by atoms with Crippen LogP contribution in [-0.2, 0) is 0 Å². The summed E-state index contributed by atoms with van der Waals surface area (Å²) < 4.78 is 0. The van der Waals surface area contributed by atoms with Crippen molar-refractivity contribution in [2.75, 3.05) is 38.6 Å². The largest absolute Gasteiger partial charge is 0.389 e. The molecule has 0 fully saturated rings. The number of rotatable bonds is 6. The van der Waals surface area contributed by atoms with Crippen LogP contribution < -0.4 is 4.90 Å². The number of aliphatic hydroxyl groups is 1. The highest BCUT2D eigenvalue weighted by molar-refractivity contribution is 5.44. The van der Waals surface area contributed by atoms with Crippen LogP contribution in [-0.4, -0.2) is 49.3 Å². The van der Waals surface area contributed by atoms with E-state index < -0.39 is 5.60 Å². The van der Waals surface area contributed by atoms with Gasteiger partial charge in [0.1, 0.15) is 0 Å². The zero-order valence-corrected chi connectivity index (χ0v) is 11.3. The van der Waals surface area contributed by atoms with Crippen LogP contribution in [0.25, 0.3) is 0 Å². The van der Waals surface area contributed by atoms with Gasteiger partial charge in [0, 0.05) is 32.4 Å². The van der Waals surface area contributed by atoms with E-state index in [1.54, 1.807) is 0 Å². The standard InChI is InChI=1S/C14H24N2O/c1-14(2,17)12-15(3)10-11-16(4)13-8-6-5-7-9-13/h5-9,17H,10-12H2,1-4H3. The SMILES string of the molecule is CN(CCN(C)c1ccccc1)CC(C)(C)O. The molecule has 0 heterocycles. The predicted octanol–water partition coefficient (Wildman–Crippen LogP) is 1.83. The van der Waals surface area contributed by atoms with Crippen molar-refractivity contribution in [1.82, 2.24) is 4.90 Å². The number of nitrogens with zero attached hydrogens (tertiary/aromatic N) is 2. The van der Waals surface area contributed by atoms with E-state index in [-0.39, 0.29) is 0 Å². The first-order chi connectivity index (χ1) is 7.88. The average molecular weight is 236 g/mol. The van der Waals surface area contributed by atoms with E-state index in [1.807, 2.05) is 39.1 Å². The van der Waals surface area contributed by atoms with Gasteiger partial charge in [0.2, 0.25) is 0 Å². The fourth-order valence-electron chi connectivity index (χ4n) is 1.87. The normalized spacial score (nSPS) is 11.9. The van der Waals surface area contributed by atoms with Gasteiger partial charge in [-0.05, 0) is 33.0 Å². The molecule has 0 aliphatic rings. The maximum absolute atomic E-state index is 9.72. The van der Waals surface area contributed by atoms with Crippen LogP contribution in [0.2, 0.25) is 0 Å². The molecule has 0 atom stereocenters. The Kier molecular flexibility index (Phi) is 4.97. The average Bonchev–Trinajstić information content (AvgIpc) is 2.25. The van der Waals surface area contributed by atoms with Crippen molar-refractivity contribution in [1.29, 1.82) is 0 Å². The van der Waals surface area contributed by atoms with Crippen LogP contribution >= 0.6 is 0 Å². The third-order valence-corrected chi connectivity index (χ3v) is 2.67. The molecule has 17 heavy (non-hydrogen) atoms. The molecule has 3 heteroatoms. The van der Waals surface area contributed by atoms with Gasteiger partial charge in [-0.15, -0.1) is 0 Å². The second-order valence-electron chi connectivity index (χ2n) is 5.31. The molecule has 0 aliphatic carbocycles. The maximum atomic E-state index is 9.72. The number of anilines is 1. The Hall–Kier alpha value is -1.06. The highest BCUT2D eigenvalue weighted by Crippen LogP contribution is 2.10. The molecule has 1 N–H and O–H groups in total. The fraction of sp³-hybridized carbons (Fsp3) is 0.571. The molecule has 0 aromatic heterocycles. The topological polar surface area (TPSA) is 26.7 Å². The number of likely N-dealkylation sites (N-methyl/N-ethyl adjacent to an activating group) is 2. The van der Waals surface area contributed by atoms with Gasteiger partial charge in [-0.1, -0.05) is 18.2 Å². The van der Waals surface area contributed by atoms with Gasteiger partial charge < -0.3 is 14.9 Å². The van der Waals surface area contributed by atoms with Crippen LogP contribution in [0.15, 0.2) is 30.3 Å². The molecule has 1 aromatic carbocycles. The molecular weight excluding hydrogens is 212 g/mol. The van der Waals surface area contributed by atoms with Gasteiger partial charge in [0.05, 0.1) is 5.60 Å². The predicted molar refractivity (Wildman–Crippen MR) is 73.5 cm³/mol. The summed E-state index contributed by atoms with van der Waals surface area (Å²) in [4.78, 5) is 4.38. The molecule has 0 saturated heterocycles. The Balaban J connectivity index is 2.36. The first kappa shape index (κ1) is 14.0. The van der Waals surface area contributed by atoms with E-state index in [1.165, 1.54) is 5.69 Å². The van der Waals surface area contributed by atoms with Crippen LogP contribution in [0, 0.1) is 0 Å². The summed E-state index contributed by atoms with van der Waals surface area (Å²) in [6, 6.07) is 10.3. The molecule has 0 bridgehead atoms. The third kappa shape index (κ3) is 5.71. The first-order valence-electron chi connectivity index (χ1n) is 6.05. The van der Waals surface area contributed by atoms with Crippen LogP contribution in [0.3, 0.4) is 0 Å². The van der Waals surface area contributed by atoms with Crippen molar-refractivity contribution in [3.05, 3.63) is 30.3 Å². The van der Waals surface area contributed by atoms with Crippen molar-refractivity contribution in [2.45, 2.75) is 19.4 Å². The summed E-state index contributed by atoms with van der Waals surface area (Å²) in [5.74, 6) is 0. The minimum Gasteiger partial charge on any atom is -0.389 e. The summed E-state index contributed by atoms with van der Waals surface area (Å²) in [5, 5.41) is 9.72. The number of hydrogen-bond donors (Lipinski definition) is 1. The van der Waals surface area contributed by atoms with E-state index in [0.29, 0.717) is 6.54 Å². The van der Waals surface area contributed by atoms with E-state index in [2.05, 4.69) is 29.0 Å². The van der Waals surface area contributed by atoms with E-state index >= 15 is 0 Å². The second-order valence-corrected chi connectivity index (χ2v) is 5.31. The number of hydrogen-bond acceptors (Lipinski definition) is 3. The smallest absolute Gasteiger partial charge is 0.0718 e. The summed E-state index contributed by atoms with van der Waals surface area (Å²) in [5.41, 5.74) is 0.601. The molecule has 96 valence electrons. The molecule has 3 nitrogen and oxygen atoms in total. The summed E-state index contributed by atoms with van der Waals surface area (Å²) >= 11 is 0. The third-order valence-electron chi connectivity index (χ3n) is 2.67. The molecule has 0 aliphatic heterocycles. The number of benzene rings is 1. The molecule has 0 unspecified atom stereocenters. The van der Waals surface area contributed by atoms with Crippen molar-refractivity contribution < 1.29 is 5.11 Å². The van der Waals surface area contributed by atoms with E-state index in [4.69, 9.17) is 0 Å². The monoisotopic (exact) mass is 236 g/mol.